The van der Waals surface area contributed by atoms with Crippen molar-refractivity contribution >= 4 is 5.82 Å². The number of ether oxygens (including phenoxy) is 2. The Morgan fingerprint density at radius 2 is 2.14 bits per heavy atom. The van der Waals surface area contributed by atoms with Crippen molar-refractivity contribution in [3.05, 3.63) is 29.2 Å². The summed E-state index contributed by atoms with van der Waals surface area (Å²) >= 11 is 0. The van der Waals surface area contributed by atoms with Gasteiger partial charge in [-0.05, 0) is 0 Å². The first-order valence-electron chi connectivity index (χ1n) is 6.40. The fourth-order valence-electron chi connectivity index (χ4n) is 2.38. The lowest BCUT2D eigenvalue weighted by Gasteiger charge is -2.21. The van der Waals surface area contributed by atoms with E-state index in [0.717, 1.165) is 11.3 Å². The van der Waals surface area contributed by atoms with Gasteiger partial charge in [0.05, 0.1) is 26.0 Å². The molecule has 0 bridgehead atoms. The van der Waals surface area contributed by atoms with Gasteiger partial charge in [0.25, 0.3) is 0 Å². The molecule has 7 heteroatoms. The Kier molecular flexibility index (Phi) is 3.38. The molecule has 3 rings (SSSR count). The average molecular weight is 283 g/mol. The molecule has 0 spiro atoms. The molecule has 1 aliphatic rings. The quantitative estimate of drug-likeness (QED) is 0.878. The number of hydrogen-bond donors (Lipinski definition) is 1. The van der Waals surface area contributed by atoms with E-state index in [1.807, 2.05) is 0 Å². The summed E-state index contributed by atoms with van der Waals surface area (Å²) < 4.78 is 10.4. The summed E-state index contributed by atoms with van der Waals surface area (Å²) in [5, 5.41) is 9.39. The topological polar surface area (TPSA) is 107 Å². The van der Waals surface area contributed by atoms with Crippen molar-refractivity contribution in [3.8, 4) is 23.2 Å². The van der Waals surface area contributed by atoms with Crippen molar-refractivity contribution in [1.82, 2.24) is 15.0 Å². The SMILES string of the molecule is COc1ncc(-c2c(C#N)c(N)nc3c2COCC3)cn1. The molecule has 0 radical (unpaired) electrons. The highest BCUT2D eigenvalue weighted by Gasteiger charge is 2.22. The highest BCUT2D eigenvalue weighted by atomic mass is 16.5. The number of nitriles is 1. The molecule has 2 N–H and O–H groups in total. The van der Waals surface area contributed by atoms with E-state index < -0.39 is 0 Å². The zero-order valence-corrected chi connectivity index (χ0v) is 11.5. The molecular formula is C14H13N5O2. The van der Waals surface area contributed by atoms with Crippen molar-refractivity contribution < 1.29 is 9.47 Å². The third-order valence-corrected chi connectivity index (χ3v) is 3.35. The van der Waals surface area contributed by atoms with Crippen LogP contribution in [0.3, 0.4) is 0 Å². The molecule has 21 heavy (non-hydrogen) atoms. The molecular weight excluding hydrogens is 270 g/mol. The van der Waals surface area contributed by atoms with Gasteiger partial charge in [-0.2, -0.15) is 5.26 Å². The number of hydrogen-bond acceptors (Lipinski definition) is 7. The molecule has 106 valence electrons. The van der Waals surface area contributed by atoms with E-state index in [-0.39, 0.29) is 11.8 Å². The molecule has 0 fully saturated rings. The smallest absolute Gasteiger partial charge is 0.316 e. The number of nitrogens with two attached hydrogens (primary N) is 1. The van der Waals surface area contributed by atoms with Gasteiger partial charge in [-0.3, -0.25) is 0 Å². The maximum atomic E-state index is 9.39. The van der Waals surface area contributed by atoms with E-state index in [1.165, 1.54) is 7.11 Å². The Balaban J connectivity index is 2.23. The van der Waals surface area contributed by atoms with Gasteiger partial charge in [0, 0.05) is 35.5 Å². The fourth-order valence-corrected chi connectivity index (χ4v) is 2.38. The van der Waals surface area contributed by atoms with Crippen molar-refractivity contribution in [2.45, 2.75) is 13.0 Å². The van der Waals surface area contributed by atoms with Crippen molar-refractivity contribution in [2.75, 3.05) is 19.5 Å². The minimum absolute atomic E-state index is 0.226. The molecule has 0 unspecified atom stereocenters. The van der Waals surface area contributed by atoms with Gasteiger partial charge in [-0.15, -0.1) is 0 Å². The van der Waals surface area contributed by atoms with Crippen molar-refractivity contribution in [2.24, 2.45) is 0 Å². The van der Waals surface area contributed by atoms with Crippen LogP contribution in [0.15, 0.2) is 12.4 Å². The van der Waals surface area contributed by atoms with Gasteiger partial charge in [-0.25, -0.2) is 15.0 Å². The van der Waals surface area contributed by atoms with Crippen LogP contribution in [0.2, 0.25) is 0 Å². The van der Waals surface area contributed by atoms with Crippen molar-refractivity contribution in [3.63, 3.8) is 0 Å². The lowest BCUT2D eigenvalue weighted by Crippen LogP contribution is -2.16. The molecule has 0 saturated heterocycles. The van der Waals surface area contributed by atoms with Gasteiger partial charge >= 0.3 is 6.01 Å². The third kappa shape index (κ3) is 2.26. The van der Waals surface area contributed by atoms with Crippen LogP contribution in [0.5, 0.6) is 6.01 Å². The predicted octanol–water partition coefficient (Wildman–Crippen LogP) is 1.07. The predicted molar refractivity (Wildman–Crippen MR) is 74.3 cm³/mol. The number of nitrogens with zero attached hydrogens (tertiary/aromatic N) is 4. The number of anilines is 1. The van der Waals surface area contributed by atoms with Crippen LogP contribution in [0, 0.1) is 11.3 Å². The van der Waals surface area contributed by atoms with E-state index in [2.05, 4.69) is 21.0 Å². The second kappa shape index (κ2) is 5.34. The molecule has 0 atom stereocenters. The fraction of sp³-hybridized carbons (Fsp3) is 0.286. The summed E-state index contributed by atoms with van der Waals surface area (Å²) in [5.41, 5.74) is 9.37. The van der Waals surface area contributed by atoms with Crippen molar-refractivity contribution in [1.29, 1.82) is 5.26 Å². The van der Waals surface area contributed by atoms with Gasteiger partial charge in [0.2, 0.25) is 0 Å². The molecule has 2 aromatic heterocycles. The van der Waals surface area contributed by atoms with Crippen LogP contribution in [0.25, 0.3) is 11.1 Å². The number of fused-ring (bicyclic) bond motifs is 1. The third-order valence-electron chi connectivity index (χ3n) is 3.35. The zero-order valence-electron chi connectivity index (χ0n) is 11.5. The summed E-state index contributed by atoms with van der Waals surface area (Å²) in [4.78, 5) is 12.5. The van der Waals surface area contributed by atoms with Gasteiger partial charge < -0.3 is 15.2 Å². The first-order chi connectivity index (χ1) is 10.2. The number of rotatable bonds is 2. The minimum atomic E-state index is 0.226. The first-order valence-corrected chi connectivity index (χ1v) is 6.40. The Morgan fingerprint density at radius 3 is 2.81 bits per heavy atom. The van der Waals surface area contributed by atoms with E-state index in [9.17, 15) is 5.26 Å². The Bertz CT molecular complexity index is 722. The normalized spacial score (nSPS) is 13.3. The van der Waals surface area contributed by atoms with Gasteiger partial charge in [0.1, 0.15) is 17.5 Å². The molecule has 2 aromatic rings. The number of nitrogen functional groups attached to an aromatic ring is 1. The molecule has 1 aliphatic heterocycles. The van der Waals surface area contributed by atoms with Crippen LogP contribution < -0.4 is 10.5 Å². The largest absolute Gasteiger partial charge is 0.467 e. The Labute approximate surface area is 121 Å². The van der Waals surface area contributed by atoms with E-state index in [0.29, 0.717) is 36.3 Å². The number of methoxy groups -OCH3 is 1. The molecule has 0 aliphatic carbocycles. The van der Waals surface area contributed by atoms with Gasteiger partial charge in [-0.1, -0.05) is 0 Å². The second-order valence-electron chi connectivity index (χ2n) is 4.55. The second-order valence-corrected chi connectivity index (χ2v) is 4.55. The number of aromatic nitrogens is 3. The van der Waals surface area contributed by atoms with Gasteiger partial charge in [0.15, 0.2) is 0 Å². The zero-order chi connectivity index (χ0) is 14.8. The highest BCUT2D eigenvalue weighted by molar-refractivity contribution is 5.78. The van der Waals surface area contributed by atoms with E-state index in [1.54, 1.807) is 12.4 Å². The summed E-state index contributed by atoms with van der Waals surface area (Å²) in [5.74, 6) is 0.226. The lowest BCUT2D eigenvalue weighted by molar-refractivity contribution is 0.109. The standard InChI is InChI=1S/C14H13N5O2/c1-20-14-17-5-8(6-18-14)12-9(4-15)13(16)19-11-2-3-21-7-10(11)12/h5-6H,2-3,7H2,1H3,(H2,16,19). The summed E-state index contributed by atoms with van der Waals surface area (Å²) in [6, 6.07) is 2.38. The summed E-state index contributed by atoms with van der Waals surface area (Å²) in [6.07, 6.45) is 3.89. The maximum Gasteiger partial charge on any atom is 0.316 e. The first kappa shape index (κ1) is 13.3. The van der Waals surface area contributed by atoms with Crippen LogP contribution in [0.1, 0.15) is 16.8 Å². The molecule has 0 aromatic carbocycles. The van der Waals surface area contributed by atoms with E-state index in [4.69, 9.17) is 15.2 Å². The monoisotopic (exact) mass is 283 g/mol. The molecule has 0 saturated carbocycles. The molecule has 0 amide bonds. The van der Waals surface area contributed by atoms with Crippen LogP contribution >= 0.6 is 0 Å². The highest BCUT2D eigenvalue weighted by Crippen LogP contribution is 2.34. The van der Waals surface area contributed by atoms with Crippen LogP contribution in [-0.2, 0) is 17.8 Å². The summed E-state index contributed by atoms with van der Waals surface area (Å²) in [7, 11) is 1.50. The average Bonchev–Trinajstić information content (AvgIpc) is 2.53. The Morgan fingerprint density at radius 1 is 1.38 bits per heavy atom. The van der Waals surface area contributed by atoms with Crippen LogP contribution in [0.4, 0.5) is 5.82 Å². The number of pyridine rings is 1. The maximum absolute atomic E-state index is 9.39. The molecule has 7 nitrogen and oxygen atoms in total. The molecule has 3 heterocycles. The van der Waals surface area contributed by atoms with Crippen LogP contribution in [-0.4, -0.2) is 28.7 Å². The van der Waals surface area contributed by atoms with E-state index >= 15 is 0 Å². The summed E-state index contributed by atoms with van der Waals surface area (Å²) in [6.45, 7) is 1.00. The Hall–Kier alpha value is -2.72. The lowest BCUT2D eigenvalue weighted by atomic mass is 9.94. The minimum Gasteiger partial charge on any atom is -0.467 e.